The number of hydrogen-bond donors (Lipinski definition) is 2. The van der Waals surface area contributed by atoms with Gasteiger partial charge in [0.1, 0.15) is 49.4 Å². The Balaban J connectivity index is 0.000000218. The maximum absolute atomic E-state index is 11.5. The molecule has 8 aromatic rings. The molecule has 0 saturated carbocycles. The number of benzene rings is 6. The summed E-state index contributed by atoms with van der Waals surface area (Å²) in [5, 5.41) is 17.8. The zero-order valence-electron chi connectivity index (χ0n) is 36.8. The van der Waals surface area contributed by atoms with E-state index in [4.69, 9.17) is 38.2 Å². The first-order chi connectivity index (χ1) is 32.0. The second-order valence-corrected chi connectivity index (χ2v) is 14.9. The molecule has 340 valence electrons. The van der Waals surface area contributed by atoms with E-state index in [1.54, 1.807) is 48.5 Å². The fourth-order valence-electron chi connectivity index (χ4n) is 6.91. The van der Waals surface area contributed by atoms with Gasteiger partial charge in [-0.2, -0.15) is 0 Å². The van der Waals surface area contributed by atoms with Crippen molar-refractivity contribution in [3.63, 3.8) is 0 Å². The normalized spacial score (nSPS) is 10.7. The molecule has 2 aromatic heterocycles. The standard InChI is InChI=1S/2C25H24N2O6.Mg/c2*1-17-13-22(31-12-11-28)9-10-23(17)20-4-2-3-19(14-20)16-32-21-7-5-18(6-8-21)15-27-24(29)26-25(30)33-27;/h2*2-10,13-14,28H,11-12,15-16H2,1H3,(H,26,29,30);/q;;+2/p-2. The predicted octanol–water partition coefficient (Wildman–Crippen LogP) is 5.08. The molecule has 0 bridgehead atoms. The summed E-state index contributed by atoms with van der Waals surface area (Å²) in [7, 11) is 0. The Bertz CT molecular complexity index is 2880. The van der Waals surface area contributed by atoms with Crippen molar-refractivity contribution in [1.29, 1.82) is 0 Å². The van der Waals surface area contributed by atoms with Gasteiger partial charge in [-0.05, 0) is 130 Å². The molecular formula is C50H46MgN4O12. The van der Waals surface area contributed by atoms with Gasteiger partial charge in [0.25, 0.3) is 0 Å². The first kappa shape index (κ1) is 49.1. The van der Waals surface area contributed by atoms with E-state index in [9.17, 15) is 19.2 Å². The molecule has 16 nitrogen and oxygen atoms in total. The third-order valence-corrected chi connectivity index (χ3v) is 10.1. The Morgan fingerprint density at radius 2 is 0.866 bits per heavy atom. The predicted molar refractivity (Wildman–Crippen MR) is 249 cm³/mol. The molecule has 67 heavy (non-hydrogen) atoms. The summed E-state index contributed by atoms with van der Waals surface area (Å²) < 4.78 is 34.1. The van der Waals surface area contributed by atoms with E-state index in [1.807, 2.05) is 86.6 Å². The number of rotatable bonds is 18. The van der Waals surface area contributed by atoms with Gasteiger partial charge >= 0.3 is 34.6 Å². The van der Waals surface area contributed by atoms with Gasteiger partial charge < -0.3 is 48.2 Å². The number of aryl methyl sites for hydroxylation is 2. The van der Waals surface area contributed by atoms with E-state index in [1.165, 1.54) is 0 Å². The van der Waals surface area contributed by atoms with Crippen molar-refractivity contribution in [3.8, 4) is 45.3 Å². The van der Waals surface area contributed by atoms with Gasteiger partial charge in [-0.3, -0.25) is 19.1 Å². The zero-order valence-corrected chi connectivity index (χ0v) is 38.2. The molecule has 0 radical (unpaired) electrons. The van der Waals surface area contributed by atoms with Gasteiger partial charge in [0.15, 0.2) is 11.4 Å². The van der Waals surface area contributed by atoms with Crippen LogP contribution in [-0.4, -0.2) is 69.2 Å². The van der Waals surface area contributed by atoms with Crippen LogP contribution in [-0.2, 0) is 26.3 Å². The van der Waals surface area contributed by atoms with Crippen molar-refractivity contribution in [3.05, 3.63) is 209 Å². The van der Waals surface area contributed by atoms with Gasteiger partial charge in [-0.15, -0.1) is 0 Å². The number of aromatic nitrogens is 4. The minimum absolute atomic E-state index is 0. The number of aliphatic hydroxyl groups excluding tert-OH is 2. The minimum atomic E-state index is -0.900. The van der Waals surface area contributed by atoms with Crippen LogP contribution in [0.5, 0.6) is 23.0 Å². The molecular weight excluding hydrogens is 873 g/mol. The molecule has 2 heterocycles. The van der Waals surface area contributed by atoms with Crippen molar-refractivity contribution in [2.24, 2.45) is 0 Å². The molecule has 0 aliphatic heterocycles. The SMILES string of the molecule is Cc1cc(OCCO)ccc1-c1cccc(COc2ccc(Cn3oc(=O)[n-]c3=O)cc2)c1.Cc1cc(OCCO)ccc1-c1cccc(COc2ccc(Cn3oc(=O)[n-]c3=O)cc2)c1.[Mg+2]. The Morgan fingerprint density at radius 3 is 1.21 bits per heavy atom. The molecule has 0 aliphatic rings. The maximum Gasteiger partial charge on any atom is 2.00 e. The summed E-state index contributed by atoms with van der Waals surface area (Å²) in [5.74, 6) is 1.02. The van der Waals surface area contributed by atoms with Crippen LogP contribution in [0.1, 0.15) is 33.4 Å². The topological polar surface area (TPSA) is 210 Å². The van der Waals surface area contributed by atoms with Crippen molar-refractivity contribution in [2.75, 3.05) is 26.4 Å². The second kappa shape index (κ2) is 23.7. The summed E-state index contributed by atoms with van der Waals surface area (Å²) in [6.45, 7) is 5.59. The molecule has 0 atom stereocenters. The summed E-state index contributed by atoms with van der Waals surface area (Å²) >= 11 is 0. The summed E-state index contributed by atoms with van der Waals surface area (Å²) in [6, 6.07) is 42.4. The quantitative estimate of drug-likeness (QED) is 0.108. The van der Waals surface area contributed by atoms with Crippen LogP contribution in [0.2, 0.25) is 0 Å². The van der Waals surface area contributed by atoms with E-state index in [0.717, 1.165) is 76.6 Å². The van der Waals surface area contributed by atoms with Crippen LogP contribution in [0.3, 0.4) is 0 Å². The average molecular weight is 919 g/mol. The number of aliphatic hydroxyl groups is 2. The molecule has 17 heteroatoms. The number of ether oxygens (including phenoxy) is 4. The van der Waals surface area contributed by atoms with Crippen molar-refractivity contribution < 1.29 is 38.2 Å². The van der Waals surface area contributed by atoms with E-state index in [2.05, 4.69) is 22.1 Å². The van der Waals surface area contributed by atoms with E-state index in [-0.39, 0.29) is 62.6 Å². The van der Waals surface area contributed by atoms with Crippen molar-refractivity contribution >= 4 is 23.1 Å². The fourth-order valence-corrected chi connectivity index (χ4v) is 6.91. The minimum Gasteiger partial charge on any atom is -0.491 e. The van der Waals surface area contributed by atoms with Crippen LogP contribution in [0.4, 0.5) is 0 Å². The van der Waals surface area contributed by atoms with Crippen molar-refractivity contribution in [1.82, 2.24) is 19.4 Å². The average Bonchev–Trinajstić information content (AvgIpc) is 3.82. The number of nitrogens with zero attached hydrogens (tertiary/aromatic N) is 4. The molecule has 0 aliphatic carbocycles. The molecule has 6 aromatic carbocycles. The smallest absolute Gasteiger partial charge is 0.491 e. The van der Waals surface area contributed by atoms with Gasteiger partial charge in [0, 0.05) is 13.1 Å². The molecule has 2 N–H and O–H groups in total. The first-order valence-corrected chi connectivity index (χ1v) is 20.8. The summed E-state index contributed by atoms with van der Waals surface area (Å²) in [4.78, 5) is 51.4. The first-order valence-electron chi connectivity index (χ1n) is 20.8. The third kappa shape index (κ3) is 13.9. The van der Waals surface area contributed by atoms with Gasteiger partial charge in [0.2, 0.25) is 0 Å². The van der Waals surface area contributed by atoms with Gasteiger partial charge in [-0.25, -0.2) is 9.59 Å². The largest absolute Gasteiger partial charge is 2.00 e. The molecule has 0 amide bonds. The Hall–Kier alpha value is -7.31. The van der Waals surface area contributed by atoms with Crippen LogP contribution < -0.4 is 51.8 Å². The van der Waals surface area contributed by atoms with Crippen LogP contribution in [0, 0.1) is 13.8 Å². The van der Waals surface area contributed by atoms with E-state index >= 15 is 0 Å². The zero-order chi connectivity index (χ0) is 46.4. The van der Waals surface area contributed by atoms with Crippen LogP contribution >= 0.6 is 0 Å². The Morgan fingerprint density at radius 1 is 0.478 bits per heavy atom. The monoisotopic (exact) mass is 918 g/mol. The summed E-state index contributed by atoms with van der Waals surface area (Å²) in [5.41, 5.74) is 8.70. The van der Waals surface area contributed by atoms with Crippen LogP contribution in [0.25, 0.3) is 22.3 Å². The second-order valence-electron chi connectivity index (χ2n) is 14.9. The molecule has 0 fully saturated rings. The van der Waals surface area contributed by atoms with E-state index < -0.39 is 22.9 Å². The Kier molecular flexibility index (Phi) is 17.4. The molecule has 0 spiro atoms. The summed E-state index contributed by atoms with van der Waals surface area (Å²) in [6.07, 6.45) is 0. The van der Waals surface area contributed by atoms with Crippen molar-refractivity contribution in [2.45, 2.75) is 40.2 Å². The van der Waals surface area contributed by atoms with Gasteiger partial charge in [0.05, 0.1) is 13.2 Å². The van der Waals surface area contributed by atoms with E-state index in [0.29, 0.717) is 24.7 Å². The van der Waals surface area contributed by atoms with Crippen LogP contribution in [0.15, 0.2) is 162 Å². The third-order valence-electron chi connectivity index (χ3n) is 10.1. The molecule has 8 rings (SSSR count). The van der Waals surface area contributed by atoms with Gasteiger partial charge in [-0.1, -0.05) is 72.8 Å². The number of hydrogen-bond acceptors (Lipinski definition) is 12. The fraction of sp³-hybridized carbons (Fsp3) is 0.200. The molecule has 0 saturated heterocycles. The Labute approximate surface area is 399 Å². The maximum atomic E-state index is 11.5. The molecule has 0 unspecified atom stereocenters.